The number of aryl methyl sites for hydroxylation is 1. The first-order chi connectivity index (χ1) is 8.61. The molecule has 18 heavy (non-hydrogen) atoms. The Morgan fingerprint density at radius 1 is 1.50 bits per heavy atom. The van der Waals surface area contributed by atoms with Crippen LogP contribution in [-0.4, -0.2) is 42.2 Å². The van der Waals surface area contributed by atoms with Crippen molar-refractivity contribution in [1.82, 2.24) is 4.90 Å². The third kappa shape index (κ3) is 2.64. The number of aliphatic hydroxyl groups is 1. The van der Waals surface area contributed by atoms with Gasteiger partial charge in [-0.05, 0) is 37.5 Å². The van der Waals surface area contributed by atoms with Gasteiger partial charge < -0.3 is 15.3 Å². The van der Waals surface area contributed by atoms with Gasteiger partial charge >= 0.3 is 0 Å². The minimum absolute atomic E-state index is 0.00176. The number of anilines is 1. The number of aliphatic hydroxyl groups excluding tert-OH is 1. The van der Waals surface area contributed by atoms with E-state index in [1.165, 1.54) is 0 Å². The van der Waals surface area contributed by atoms with Crippen molar-refractivity contribution in [1.29, 1.82) is 0 Å². The third-order valence-electron chi connectivity index (χ3n) is 3.36. The summed E-state index contributed by atoms with van der Waals surface area (Å²) < 4.78 is 0. The second-order valence-corrected chi connectivity index (χ2v) is 4.85. The van der Waals surface area contributed by atoms with Crippen molar-refractivity contribution < 1.29 is 9.90 Å². The maximum Gasteiger partial charge on any atom is 0.256 e. The second-order valence-electron chi connectivity index (χ2n) is 4.85. The highest BCUT2D eigenvalue weighted by molar-refractivity contribution is 5.99. The van der Waals surface area contributed by atoms with Crippen molar-refractivity contribution in [2.75, 3.05) is 25.5 Å². The Morgan fingerprint density at radius 3 is 2.94 bits per heavy atom. The molecule has 1 aromatic rings. The molecule has 1 atom stereocenters. The van der Waals surface area contributed by atoms with Gasteiger partial charge in [0.05, 0.1) is 11.7 Å². The Morgan fingerprint density at radius 2 is 2.28 bits per heavy atom. The molecule has 0 aromatic heterocycles. The van der Waals surface area contributed by atoms with Gasteiger partial charge in [-0.1, -0.05) is 6.07 Å². The quantitative estimate of drug-likeness (QED) is 0.836. The summed E-state index contributed by atoms with van der Waals surface area (Å²) in [5.74, 6) is -0.00176. The molecule has 0 radical (unpaired) electrons. The van der Waals surface area contributed by atoms with Gasteiger partial charge in [-0.2, -0.15) is 0 Å². The number of nitrogens with zero attached hydrogens (tertiary/aromatic N) is 1. The van der Waals surface area contributed by atoms with E-state index in [1.807, 2.05) is 32.2 Å². The van der Waals surface area contributed by atoms with Crippen LogP contribution in [0.25, 0.3) is 0 Å². The normalized spacial score (nSPS) is 19.7. The van der Waals surface area contributed by atoms with E-state index < -0.39 is 0 Å². The molecule has 0 bridgehead atoms. The number of β-amino-alcohol motifs (C(OH)–C–C–N with tert-alkyl or cyclic N) is 1. The van der Waals surface area contributed by atoms with Crippen LogP contribution < -0.4 is 5.32 Å². The van der Waals surface area contributed by atoms with Crippen LogP contribution in [0.5, 0.6) is 0 Å². The summed E-state index contributed by atoms with van der Waals surface area (Å²) in [6.07, 6.45) is 1.27. The average Bonchev–Trinajstić information content (AvgIpc) is 2.37. The summed E-state index contributed by atoms with van der Waals surface area (Å²) in [5, 5.41) is 12.7. The van der Waals surface area contributed by atoms with Crippen molar-refractivity contribution in [3.63, 3.8) is 0 Å². The van der Waals surface area contributed by atoms with Crippen molar-refractivity contribution in [2.45, 2.75) is 25.9 Å². The first kappa shape index (κ1) is 12.9. The number of carbonyl (C=O) groups is 1. The summed E-state index contributed by atoms with van der Waals surface area (Å²) >= 11 is 0. The third-order valence-corrected chi connectivity index (χ3v) is 3.36. The summed E-state index contributed by atoms with van der Waals surface area (Å²) in [7, 11) is 1.82. The molecule has 1 fully saturated rings. The molecule has 1 aromatic carbocycles. The van der Waals surface area contributed by atoms with Crippen LogP contribution in [0.15, 0.2) is 18.2 Å². The summed E-state index contributed by atoms with van der Waals surface area (Å²) in [4.78, 5) is 14.1. The van der Waals surface area contributed by atoms with Crippen molar-refractivity contribution in [3.05, 3.63) is 29.3 Å². The molecular formula is C14H20N2O2. The van der Waals surface area contributed by atoms with E-state index in [0.717, 1.165) is 30.6 Å². The standard InChI is InChI=1S/C14H20N2O2/c1-10-5-6-12(13(8-10)15-2)14(18)16-7-3-4-11(17)9-16/h5-6,8,11,15,17H,3-4,7,9H2,1-2H3. The molecule has 1 heterocycles. The molecule has 1 saturated heterocycles. The van der Waals surface area contributed by atoms with E-state index in [1.54, 1.807) is 4.90 Å². The minimum Gasteiger partial charge on any atom is -0.391 e. The Bertz CT molecular complexity index is 445. The van der Waals surface area contributed by atoms with Crippen molar-refractivity contribution >= 4 is 11.6 Å². The van der Waals surface area contributed by atoms with E-state index in [-0.39, 0.29) is 12.0 Å². The number of nitrogens with one attached hydrogen (secondary N) is 1. The predicted molar refractivity (Wildman–Crippen MR) is 71.9 cm³/mol. The fourth-order valence-electron chi connectivity index (χ4n) is 2.36. The smallest absolute Gasteiger partial charge is 0.256 e. The molecule has 2 rings (SSSR count). The molecule has 1 unspecified atom stereocenters. The molecule has 1 aliphatic rings. The number of piperidine rings is 1. The topological polar surface area (TPSA) is 52.6 Å². The molecule has 0 saturated carbocycles. The van der Waals surface area contributed by atoms with Gasteiger partial charge in [0.15, 0.2) is 0 Å². The zero-order valence-electron chi connectivity index (χ0n) is 10.9. The molecule has 0 aliphatic carbocycles. The summed E-state index contributed by atoms with van der Waals surface area (Å²) in [6, 6.07) is 5.76. The summed E-state index contributed by atoms with van der Waals surface area (Å²) in [6.45, 7) is 3.17. The van der Waals surface area contributed by atoms with Crippen LogP contribution in [0.4, 0.5) is 5.69 Å². The SMILES string of the molecule is CNc1cc(C)ccc1C(=O)N1CCCC(O)C1. The molecule has 98 valence electrons. The van der Waals surface area contributed by atoms with E-state index in [0.29, 0.717) is 12.1 Å². The van der Waals surface area contributed by atoms with Crippen LogP contribution in [-0.2, 0) is 0 Å². The Labute approximate surface area is 108 Å². The highest BCUT2D eigenvalue weighted by Crippen LogP contribution is 2.21. The number of likely N-dealkylation sites (tertiary alicyclic amines) is 1. The van der Waals surface area contributed by atoms with Gasteiger partial charge in [0.2, 0.25) is 0 Å². The molecule has 0 spiro atoms. The number of amides is 1. The van der Waals surface area contributed by atoms with E-state index in [9.17, 15) is 9.90 Å². The van der Waals surface area contributed by atoms with E-state index >= 15 is 0 Å². The fourth-order valence-corrected chi connectivity index (χ4v) is 2.36. The van der Waals surface area contributed by atoms with Crippen molar-refractivity contribution in [2.24, 2.45) is 0 Å². The van der Waals surface area contributed by atoms with Crippen LogP contribution in [0, 0.1) is 6.92 Å². The Hall–Kier alpha value is -1.55. The number of rotatable bonds is 2. The lowest BCUT2D eigenvalue weighted by atomic mass is 10.0. The predicted octanol–water partition coefficient (Wildman–Crippen LogP) is 1.63. The fraction of sp³-hybridized carbons (Fsp3) is 0.500. The van der Waals surface area contributed by atoms with Crippen LogP contribution in [0.3, 0.4) is 0 Å². The highest BCUT2D eigenvalue weighted by Gasteiger charge is 2.24. The van der Waals surface area contributed by atoms with Gasteiger partial charge in [-0.15, -0.1) is 0 Å². The molecule has 2 N–H and O–H groups in total. The van der Waals surface area contributed by atoms with Crippen LogP contribution in [0.1, 0.15) is 28.8 Å². The Kier molecular flexibility index (Phi) is 3.87. The molecule has 1 amide bonds. The number of hydrogen-bond acceptors (Lipinski definition) is 3. The average molecular weight is 248 g/mol. The molecule has 4 nitrogen and oxygen atoms in total. The van der Waals surface area contributed by atoms with E-state index in [2.05, 4.69) is 5.32 Å². The monoisotopic (exact) mass is 248 g/mol. The molecule has 1 aliphatic heterocycles. The second kappa shape index (κ2) is 5.40. The lowest BCUT2D eigenvalue weighted by Crippen LogP contribution is -2.42. The van der Waals surface area contributed by atoms with E-state index in [4.69, 9.17) is 0 Å². The zero-order chi connectivity index (χ0) is 13.1. The lowest BCUT2D eigenvalue weighted by molar-refractivity contribution is 0.0474. The van der Waals surface area contributed by atoms with Gasteiger partial charge in [0.1, 0.15) is 0 Å². The van der Waals surface area contributed by atoms with Crippen LogP contribution in [0.2, 0.25) is 0 Å². The maximum absolute atomic E-state index is 12.4. The number of benzene rings is 1. The first-order valence-corrected chi connectivity index (χ1v) is 6.37. The van der Waals surface area contributed by atoms with Crippen molar-refractivity contribution in [3.8, 4) is 0 Å². The lowest BCUT2D eigenvalue weighted by Gasteiger charge is -2.30. The Balaban J connectivity index is 2.22. The van der Waals surface area contributed by atoms with Gasteiger partial charge in [0, 0.05) is 25.8 Å². The van der Waals surface area contributed by atoms with Gasteiger partial charge in [0.25, 0.3) is 5.91 Å². The van der Waals surface area contributed by atoms with Gasteiger partial charge in [-0.3, -0.25) is 4.79 Å². The highest BCUT2D eigenvalue weighted by atomic mass is 16.3. The van der Waals surface area contributed by atoms with Crippen LogP contribution >= 0.6 is 0 Å². The van der Waals surface area contributed by atoms with Gasteiger partial charge in [-0.25, -0.2) is 0 Å². The molecular weight excluding hydrogens is 228 g/mol. The zero-order valence-corrected chi connectivity index (χ0v) is 10.9. The maximum atomic E-state index is 12.4. The summed E-state index contributed by atoms with van der Waals surface area (Å²) in [5.41, 5.74) is 2.65. The number of hydrogen-bond donors (Lipinski definition) is 2. The molecule has 4 heteroatoms. The first-order valence-electron chi connectivity index (χ1n) is 6.37. The number of carbonyl (C=O) groups excluding carboxylic acids is 1. The minimum atomic E-state index is -0.383. The largest absolute Gasteiger partial charge is 0.391 e.